The van der Waals surface area contributed by atoms with Gasteiger partial charge in [-0.2, -0.15) is 5.10 Å². The van der Waals surface area contributed by atoms with Crippen molar-refractivity contribution in [3.05, 3.63) is 34.7 Å². The van der Waals surface area contributed by atoms with Gasteiger partial charge in [-0.1, -0.05) is 0 Å². The molecule has 0 fully saturated rings. The third-order valence-electron chi connectivity index (χ3n) is 4.50. The van der Waals surface area contributed by atoms with Crippen LogP contribution in [0.1, 0.15) is 34.8 Å². The first kappa shape index (κ1) is 16.0. The quantitative estimate of drug-likeness (QED) is 0.777. The van der Waals surface area contributed by atoms with Crippen molar-refractivity contribution in [3.8, 4) is 0 Å². The molecule has 0 unspecified atom stereocenters. The smallest absolute Gasteiger partial charge is 0.272 e. The maximum Gasteiger partial charge on any atom is 0.272 e. The van der Waals surface area contributed by atoms with Crippen molar-refractivity contribution in [1.29, 1.82) is 0 Å². The van der Waals surface area contributed by atoms with Gasteiger partial charge in [-0.25, -0.2) is 9.97 Å². The predicted octanol–water partition coefficient (Wildman–Crippen LogP) is 2.54. The third kappa shape index (κ3) is 2.66. The molecule has 4 rings (SSSR count). The van der Waals surface area contributed by atoms with E-state index in [1.54, 1.807) is 34.6 Å². The average Bonchev–Trinajstić information content (AvgIpc) is 3.25. The predicted molar refractivity (Wildman–Crippen MR) is 97.9 cm³/mol. The molecule has 25 heavy (non-hydrogen) atoms. The summed E-state index contributed by atoms with van der Waals surface area (Å²) in [5.41, 5.74) is 1.93. The maximum atomic E-state index is 12.9. The number of nitrogens with zero attached hydrogens (tertiary/aromatic N) is 5. The zero-order valence-corrected chi connectivity index (χ0v) is 15.1. The van der Waals surface area contributed by atoms with Crippen LogP contribution in [0.15, 0.2) is 18.6 Å². The second-order valence-electron chi connectivity index (χ2n) is 5.95. The van der Waals surface area contributed by atoms with Crippen LogP contribution in [0.2, 0.25) is 0 Å². The van der Waals surface area contributed by atoms with Gasteiger partial charge in [-0.05, 0) is 31.9 Å². The molecule has 0 saturated carbocycles. The first-order chi connectivity index (χ1) is 12.2. The fourth-order valence-electron chi connectivity index (χ4n) is 3.33. The first-order valence-electron chi connectivity index (χ1n) is 8.53. The Kier molecular flexibility index (Phi) is 4.12. The number of hydrogen-bond acceptors (Lipinski definition) is 6. The Morgan fingerprint density at radius 2 is 2.24 bits per heavy atom. The van der Waals surface area contributed by atoms with Crippen LogP contribution in [0.25, 0.3) is 10.2 Å². The number of aryl methyl sites for hydroxylation is 1. The number of anilines is 1. The van der Waals surface area contributed by atoms with Gasteiger partial charge in [0.05, 0.1) is 11.9 Å². The molecule has 3 aromatic heterocycles. The van der Waals surface area contributed by atoms with Crippen molar-refractivity contribution in [2.24, 2.45) is 0 Å². The van der Waals surface area contributed by atoms with E-state index in [2.05, 4.69) is 27.3 Å². The molecular formula is C17H20N6OS. The lowest BCUT2D eigenvalue weighted by molar-refractivity contribution is 0.0725. The lowest BCUT2D eigenvalue weighted by Gasteiger charge is -2.27. The van der Waals surface area contributed by atoms with E-state index in [-0.39, 0.29) is 5.91 Å². The zero-order chi connectivity index (χ0) is 17.4. The molecule has 7 nitrogen and oxygen atoms in total. The van der Waals surface area contributed by atoms with E-state index >= 15 is 0 Å². The number of amides is 1. The largest absolute Gasteiger partial charge is 0.370 e. The van der Waals surface area contributed by atoms with Crippen molar-refractivity contribution >= 4 is 33.3 Å². The van der Waals surface area contributed by atoms with E-state index in [1.807, 2.05) is 11.8 Å². The van der Waals surface area contributed by atoms with Crippen LogP contribution in [0, 0.1) is 0 Å². The molecule has 4 heterocycles. The summed E-state index contributed by atoms with van der Waals surface area (Å²) < 4.78 is 1.75. The van der Waals surface area contributed by atoms with Gasteiger partial charge in [-0.3, -0.25) is 9.48 Å². The minimum absolute atomic E-state index is 0.0421. The Morgan fingerprint density at radius 3 is 3.04 bits per heavy atom. The van der Waals surface area contributed by atoms with E-state index in [4.69, 9.17) is 0 Å². The number of nitrogens with one attached hydrogen (secondary N) is 1. The summed E-state index contributed by atoms with van der Waals surface area (Å²) in [4.78, 5) is 25.8. The number of hydrogen-bond donors (Lipinski definition) is 1. The molecule has 0 aliphatic carbocycles. The average molecular weight is 356 g/mol. The van der Waals surface area contributed by atoms with E-state index in [0.717, 1.165) is 29.0 Å². The van der Waals surface area contributed by atoms with E-state index in [0.29, 0.717) is 25.3 Å². The van der Waals surface area contributed by atoms with Crippen molar-refractivity contribution in [2.75, 3.05) is 18.4 Å². The maximum absolute atomic E-state index is 12.9. The highest BCUT2D eigenvalue weighted by atomic mass is 32.1. The Bertz CT molecular complexity index is 931. The molecule has 130 valence electrons. The summed E-state index contributed by atoms with van der Waals surface area (Å²) in [7, 11) is 0. The van der Waals surface area contributed by atoms with E-state index < -0.39 is 0 Å². The molecule has 0 aromatic carbocycles. The van der Waals surface area contributed by atoms with Crippen LogP contribution in [0.3, 0.4) is 0 Å². The first-order valence-corrected chi connectivity index (χ1v) is 9.34. The molecule has 0 radical (unpaired) electrons. The van der Waals surface area contributed by atoms with Gasteiger partial charge in [-0.15, -0.1) is 11.3 Å². The van der Waals surface area contributed by atoms with Crippen LogP contribution in [0.4, 0.5) is 5.82 Å². The number of carbonyl (C=O) groups excluding carboxylic acids is 1. The van der Waals surface area contributed by atoms with Crippen LogP contribution in [0.5, 0.6) is 0 Å². The number of rotatable bonds is 4. The fraction of sp³-hybridized carbons (Fsp3) is 0.412. The Hall–Kier alpha value is -2.48. The standard InChI is InChI=1S/C17H20N6OS/c1-3-18-15-14-11-6-8-22(9-13(11)25-16(14)20-10-19-15)17(24)12-5-7-21-23(12)4-2/h5,7,10H,3-4,6,8-9H2,1-2H3,(H,18,19,20). The van der Waals surface area contributed by atoms with Crippen molar-refractivity contribution in [3.63, 3.8) is 0 Å². The Morgan fingerprint density at radius 1 is 1.36 bits per heavy atom. The monoisotopic (exact) mass is 356 g/mol. The van der Waals surface area contributed by atoms with E-state index in [9.17, 15) is 4.79 Å². The molecule has 1 N–H and O–H groups in total. The summed E-state index contributed by atoms with van der Waals surface area (Å²) in [6.45, 7) is 6.89. The zero-order valence-electron chi connectivity index (χ0n) is 14.3. The van der Waals surface area contributed by atoms with Gasteiger partial charge in [0.15, 0.2) is 0 Å². The van der Waals surface area contributed by atoms with E-state index in [1.165, 1.54) is 10.4 Å². The molecular weight excluding hydrogens is 336 g/mol. The summed E-state index contributed by atoms with van der Waals surface area (Å²) in [5, 5.41) is 8.65. The van der Waals surface area contributed by atoms with Gasteiger partial charge in [0.25, 0.3) is 5.91 Å². The number of fused-ring (bicyclic) bond motifs is 3. The highest BCUT2D eigenvalue weighted by Crippen LogP contribution is 2.37. The summed E-state index contributed by atoms with van der Waals surface area (Å²) in [6, 6.07) is 1.79. The molecule has 8 heteroatoms. The Labute approximate surface area is 149 Å². The van der Waals surface area contributed by atoms with Gasteiger partial charge in [0.2, 0.25) is 0 Å². The summed E-state index contributed by atoms with van der Waals surface area (Å²) in [6.07, 6.45) is 4.11. The fourth-order valence-corrected chi connectivity index (χ4v) is 4.53. The van der Waals surface area contributed by atoms with Gasteiger partial charge in [0.1, 0.15) is 22.7 Å². The third-order valence-corrected chi connectivity index (χ3v) is 5.63. The van der Waals surface area contributed by atoms with Gasteiger partial charge < -0.3 is 10.2 Å². The molecule has 1 amide bonds. The van der Waals surface area contributed by atoms with Gasteiger partial charge in [0, 0.05) is 30.7 Å². The molecule has 0 spiro atoms. The molecule has 0 saturated heterocycles. The highest BCUT2D eigenvalue weighted by Gasteiger charge is 2.28. The second kappa shape index (κ2) is 6.44. The van der Waals surface area contributed by atoms with Crippen LogP contribution >= 0.6 is 11.3 Å². The molecule has 0 atom stereocenters. The Balaban J connectivity index is 1.67. The van der Waals surface area contributed by atoms with Crippen molar-refractivity contribution in [1.82, 2.24) is 24.6 Å². The van der Waals surface area contributed by atoms with Crippen LogP contribution in [-0.4, -0.2) is 43.6 Å². The summed E-state index contributed by atoms with van der Waals surface area (Å²) >= 11 is 1.66. The number of aromatic nitrogens is 4. The SMILES string of the molecule is CCNc1ncnc2sc3c(c12)CCN(C(=O)c1ccnn1CC)C3. The molecule has 3 aromatic rings. The number of carbonyl (C=O) groups is 1. The summed E-state index contributed by atoms with van der Waals surface area (Å²) in [5.74, 6) is 0.939. The van der Waals surface area contributed by atoms with Gasteiger partial charge >= 0.3 is 0 Å². The normalized spacial score (nSPS) is 13.9. The van der Waals surface area contributed by atoms with Crippen molar-refractivity contribution < 1.29 is 4.79 Å². The van der Waals surface area contributed by atoms with Crippen molar-refractivity contribution in [2.45, 2.75) is 33.4 Å². The van der Waals surface area contributed by atoms with Crippen LogP contribution in [-0.2, 0) is 19.5 Å². The highest BCUT2D eigenvalue weighted by molar-refractivity contribution is 7.19. The molecule has 1 aliphatic rings. The topological polar surface area (TPSA) is 75.9 Å². The second-order valence-corrected chi connectivity index (χ2v) is 7.03. The molecule has 1 aliphatic heterocycles. The lowest BCUT2D eigenvalue weighted by Crippen LogP contribution is -2.36. The molecule has 0 bridgehead atoms. The van der Waals surface area contributed by atoms with Crippen LogP contribution < -0.4 is 5.32 Å². The lowest BCUT2D eigenvalue weighted by atomic mass is 10.0. The minimum Gasteiger partial charge on any atom is -0.370 e. The number of thiophene rings is 1. The minimum atomic E-state index is 0.0421.